The molecule has 0 spiro atoms. The second-order valence-corrected chi connectivity index (χ2v) is 6.39. The number of rotatable bonds is 2. The molecule has 2 heteroatoms. The third-order valence-electron chi connectivity index (χ3n) is 5.08. The SMILES string of the molecule is CC1C2CCNC2C(C)(C)N1Cc1ccccc1. The number of hydrogen-bond donors (Lipinski definition) is 1. The molecule has 2 aliphatic heterocycles. The molecule has 0 saturated carbocycles. The van der Waals surface area contributed by atoms with Crippen molar-refractivity contribution >= 4 is 0 Å². The van der Waals surface area contributed by atoms with E-state index in [1.807, 2.05) is 0 Å². The van der Waals surface area contributed by atoms with Gasteiger partial charge in [-0.3, -0.25) is 4.90 Å². The summed E-state index contributed by atoms with van der Waals surface area (Å²) >= 11 is 0. The van der Waals surface area contributed by atoms with E-state index in [4.69, 9.17) is 0 Å². The molecule has 0 amide bonds. The minimum atomic E-state index is 0.260. The molecule has 2 aliphatic rings. The zero-order valence-corrected chi connectivity index (χ0v) is 11.7. The van der Waals surface area contributed by atoms with Gasteiger partial charge in [-0.05, 0) is 45.2 Å². The van der Waals surface area contributed by atoms with Gasteiger partial charge >= 0.3 is 0 Å². The van der Waals surface area contributed by atoms with Crippen molar-refractivity contribution in [1.29, 1.82) is 0 Å². The monoisotopic (exact) mass is 244 g/mol. The van der Waals surface area contributed by atoms with E-state index >= 15 is 0 Å². The second kappa shape index (κ2) is 4.36. The summed E-state index contributed by atoms with van der Waals surface area (Å²) in [6, 6.07) is 12.2. The van der Waals surface area contributed by atoms with Crippen molar-refractivity contribution in [1.82, 2.24) is 10.2 Å². The maximum atomic E-state index is 3.71. The highest BCUT2D eigenvalue weighted by Crippen LogP contribution is 2.42. The zero-order valence-electron chi connectivity index (χ0n) is 11.7. The van der Waals surface area contributed by atoms with E-state index in [0.29, 0.717) is 12.1 Å². The van der Waals surface area contributed by atoms with Crippen molar-refractivity contribution in [3.63, 3.8) is 0 Å². The zero-order chi connectivity index (χ0) is 12.8. The summed E-state index contributed by atoms with van der Waals surface area (Å²) in [6.07, 6.45) is 1.33. The highest BCUT2D eigenvalue weighted by molar-refractivity contribution is 5.18. The van der Waals surface area contributed by atoms with Crippen LogP contribution in [0.15, 0.2) is 30.3 Å². The van der Waals surface area contributed by atoms with E-state index in [1.54, 1.807) is 0 Å². The van der Waals surface area contributed by atoms with E-state index in [-0.39, 0.29) is 5.54 Å². The number of nitrogens with zero attached hydrogens (tertiary/aromatic N) is 1. The lowest BCUT2D eigenvalue weighted by molar-refractivity contribution is 0.108. The van der Waals surface area contributed by atoms with Gasteiger partial charge in [0.15, 0.2) is 0 Å². The average molecular weight is 244 g/mol. The van der Waals surface area contributed by atoms with Crippen LogP contribution < -0.4 is 5.32 Å². The smallest absolute Gasteiger partial charge is 0.0316 e. The minimum Gasteiger partial charge on any atom is -0.312 e. The lowest BCUT2D eigenvalue weighted by Gasteiger charge is -2.37. The molecular weight excluding hydrogens is 220 g/mol. The molecule has 3 rings (SSSR count). The van der Waals surface area contributed by atoms with E-state index in [2.05, 4.69) is 61.3 Å². The molecule has 1 aromatic carbocycles. The van der Waals surface area contributed by atoms with Gasteiger partial charge in [-0.2, -0.15) is 0 Å². The largest absolute Gasteiger partial charge is 0.312 e. The number of nitrogens with one attached hydrogen (secondary N) is 1. The summed E-state index contributed by atoms with van der Waals surface area (Å²) in [5.41, 5.74) is 1.69. The maximum Gasteiger partial charge on any atom is 0.0316 e. The van der Waals surface area contributed by atoms with Crippen LogP contribution >= 0.6 is 0 Å². The molecule has 0 radical (unpaired) electrons. The molecule has 0 aliphatic carbocycles. The first-order valence-electron chi connectivity index (χ1n) is 7.15. The summed E-state index contributed by atoms with van der Waals surface area (Å²) in [6.45, 7) is 9.47. The van der Waals surface area contributed by atoms with Gasteiger partial charge in [0.2, 0.25) is 0 Å². The second-order valence-electron chi connectivity index (χ2n) is 6.39. The highest BCUT2D eigenvalue weighted by Gasteiger charge is 2.53. The Kier molecular flexibility index (Phi) is 2.95. The normalized spacial score (nSPS) is 34.7. The van der Waals surface area contributed by atoms with Gasteiger partial charge in [-0.1, -0.05) is 30.3 Å². The predicted octanol–water partition coefficient (Wildman–Crippen LogP) is 2.65. The standard InChI is InChI=1S/C16H24N2/c1-12-14-9-10-17-15(14)16(2,3)18(12)11-13-7-5-4-6-8-13/h4-8,12,14-15,17H,9-11H2,1-3H3. The van der Waals surface area contributed by atoms with Crippen molar-refractivity contribution in [3.05, 3.63) is 35.9 Å². The van der Waals surface area contributed by atoms with Crippen molar-refractivity contribution in [2.24, 2.45) is 5.92 Å². The molecule has 3 unspecified atom stereocenters. The van der Waals surface area contributed by atoms with Crippen LogP contribution in [0.25, 0.3) is 0 Å². The van der Waals surface area contributed by atoms with Gasteiger partial charge in [-0.25, -0.2) is 0 Å². The predicted molar refractivity (Wildman–Crippen MR) is 75.4 cm³/mol. The fraction of sp³-hybridized carbons (Fsp3) is 0.625. The van der Waals surface area contributed by atoms with Crippen LogP contribution in [0.1, 0.15) is 32.8 Å². The van der Waals surface area contributed by atoms with Crippen LogP contribution in [0.4, 0.5) is 0 Å². The Balaban J connectivity index is 1.84. The Bertz CT molecular complexity index is 412. The fourth-order valence-electron chi connectivity index (χ4n) is 4.08. The van der Waals surface area contributed by atoms with Gasteiger partial charge in [0.25, 0.3) is 0 Å². The topological polar surface area (TPSA) is 15.3 Å². The van der Waals surface area contributed by atoms with Gasteiger partial charge in [0, 0.05) is 24.2 Å². The average Bonchev–Trinajstić information content (AvgIpc) is 2.91. The molecule has 2 fully saturated rings. The molecule has 2 saturated heterocycles. The van der Waals surface area contributed by atoms with Gasteiger partial charge in [-0.15, -0.1) is 0 Å². The first-order chi connectivity index (χ1) is 8.60. The Morgan fingerprint density at radius 1 is 1.28 bits per heavy atom. The van der Waals surface area contributed by atoms with Crippen LogP contribution in [-0.2, 0) is 6.54 Å². The Morgan fingerprint density at radius 2 is 2.00 bits per heavy atom. The van der Waals surface area contributed by atoms with E-state index in [1.165, 1.54) is 18.5 Å². The Morgan fingerprint density at radius 3 is 2.67 bits per heavy atom. The third kappa shape index (κ3) is 1.79. The molecule has 1 aromatic rings. The third-order valence-corrected chi connectivity index (χ3v) is 5.08. The Hall–Kier alpha value is -0.860. The molecular formula is C16H24N2. The lowest BCUT2D eigenvalue weighted by Crippen LogP contribution is -2.50. The number of hydrogen-bond acceptors (Lipinski definition) is 2. The van der Waals surface area contributed by atoms with Crippen molar-refractivity contribution < 1.29 is 0 Å². The maximum absolute atomic E-state index is 3.71. The summed E-state index contributed by atoms with van der Waals surface area (Å²) < 4.78 is 0. The first kappa shape index (κ1) is 12.2. The molecule has 0 bridgehead atoms. The lowest BCUT2D eigenvalue weighted by atomic mass is 9.89. The molecule has 2 heterocycles. The number of fused-ring (bicyclic) bond motifs is 1. The van der Waals surface area contributed by atoms with Gasteiger partial charge in [0.1, 0.15) is 0 Å². The summed E-state index contributed by atoms with van der Waals surface area (Å²) in [4.78, 5) is 2.68. The van der Waals surface area contributed by atoms with Crippen LogP contribution in [0.5, 0.6) is 0 Å². The van der Waals surface area contributed by atoms with E-state index in [9.17, 15) is 0 Å². The molecule has 18 heavy (non-hydrogen) atoms. The number of likely N-dealkylation sites (tertiary alicyclic amines) is 1. The van der Waals surface area contributed by atoms with Crippen molar-refractivity contribution in [2.45, 2.75) is 51.4 Å². The van der Waals surface area contributed by atoms with E-state index < -0.39 is 0 Å². The molecule has 0 aromatic heterocycles. The Labute approximate surface area is 110 Å². The quantitative estimate of drug-likeness (QED) is 0.860. The molecule has 2 nitrogen and oxygen atoms in total. The van der Waals surface area contributed by atoms with Crippen LogP contribution in [0.3, 0.4) is 0 Å². The summed E-state index contributed by atoms with van der Waals surface area (Å²) in [7, 11) is 0. The van der Waals surface area contributed by atoms with Crippen LogP contribution in [0.2, 0.25) is 0 Å². The van der Waals surface area contributed by atoms with E-state index in [0.717, 1.165) is 12.5 Å². The number of benzene rings is 1. The summed E-state index contributed by atoms with van der Waals surface area (Å²) in [5, 5.41) is 3.71. The first-order valence-corrected chi connectivity index (χ1v) is 7.15. The molecule has 1 N–H and O–H groups in total. The van der Waals surface area contributed by atoms with Crippen molar-refractivity contribution in [3.8, 4) is 0 Å². The minimum absolute atomic E-state index is 0.260. The van der Waals surface area contributed by atoms with Crippen LogP contribution in [-0.4, -0.2) is 29.1 Å². The van der Waals surface area contributed by atoms with Crippen molar-refractivity contribution in [2.75, 3.05) is 6.54 Å². The summed E-state index contributed by atoms with van der Waals surface area (Å²) in [5.74, 6) is 0.823. The molecule has 3 atom stereocenters. The fourth-order valence-corrected chi connectivity index (χ4v) is 4.08. The molecule has 98 valence electrons. The van der Waals surface area contributed by atoms with Gasteiger partial charge < -0.3 is 5.32 Å². The van der Waals surface area contributed by atoms with Gasteiger partial charge in [0.05, 0.1) is 0 Å². The van der Waals surface area contributed by atoms with Crippen LogP contribution in [0, 0.1) is 5.92 Å². The highest BCUT2D eigenvalue weighted by atomic mass is 15.3.